The van der Waals surface area contributed by atoms with Gasteiger partial charge in [0, 0.05) is 0 Å². The molecule has 1 atom stereocenters. The Bertz CT molecular complexity index is 482. The molecule has 1 unspecified atom stereocenters. The van der Waals surface area contributed by atoms with Gasteiger partial charge in [-0.05, 0) is 25.5 Å². The van der Waals surface area contributed by atoms with Gasteiger partial charge in [0.2, 0.25) is 0 Å². The van der Waals surface area contributed by atoms with Gasteiger partial charge in [0.05, 0.1) is 27.0 Å². The van der Waals surface area contributed by atoms with Crippen molar-refractivity contribution in [2.24, 2.45) is 0 Å². The Hall–Kier alpha value is -1.82. The molecule has 1 aromatic rings. The summed E-state index contributed by atoms with van der Waals surface area (Å²) in [5, 5.41) is 0. The highest BCUT2D eigenvalue weighted by atomic mass is 16.5. The van der Waals surface area contributed by atoms with Crippen molar-refractivity contribution in [2.45, 2.75) is 31.8 Å². The number of piperidine rings is 1. The molecule has 6 nitrogen and oxygen atoms in total. The Morgan fingerprint density at radius 1 is 1.35 bits per heavy atom. The first-order valence-corrected chi connectivity index (χ1v) is 6.64. The smallest absolute Gasteiger partial charge is 0.341 e. The lowest BCUT2D eigenvalue weighted by Gasteiger charge is -2.33. The van der Waals surface area contributed by atoms with Gasteiger partial charge in [-0.1, -0.05) is 6.42 Å². The standard InChI is InChI=1S/C14H19NO5/c1-18-13(16)10-6-8-20-12(10)9-15-7-4-3-5-11(15)14(17)19-2/h6,8,11H,3-5,7,9H2,1-2H3. The molecule has 1 fully saturated rings. The number of hydrogen-bond acceptors (Lipinski definition) is 6. The first-order valence-electron chi connectivity index (χ1n) is 6.64. The normalized spacial score (nSPS) is 19.6. The minimum atomic E-state index is -0.430. The van der Waals surface area contributed by atoms with Crippen LogP contribution in [0.4, 0.5) is 0 Å². The summed E-state index contributed by atoms with van der Waals surface area (Å²) in [5.74, 6) is -0.149. The van der Waals surface area contributed by atoms with Crippen molar-refractivity contribution in [3.63, 3.8) is 0 Å². The largest absolute Gasteiger partial charge is 0.468 e. The number of esters is 2. The molecule has 0 bridgehead atoms. The van der Waals surface area contributed by atoms with Gasteiger partial charge in [-0.2, -0.15) is 0 Å². The number of furan rings is 1. The predicted octanol–water partition coefficient (Wildman–Crippen LogP) is 1.59. The molecule has 0 amide bonds. The lowest BCUT2D eigenvalue weighted by molar-refractivity contribution is -0.148. The molecule has 2 heterocycles. The molecule has 110 valence electrons. The average Bonchev–Trinajstić information content (AvgIpc) is 2.94. The van der Waals surface area contributed by atoms with Crippen LogP contribution in [0.5, 0.6) is 0 Å². The van der Waals surface area contributed by atoms with Gasteiger partial charge in [0.1, 0.15) is 17.4 Å². The fourth-order valence-electron chi connectivity index (χ4n) is 2.52. The Morgan fingerprint density at radius 3 is 2.85 bits per heavy atom. The number of nitrogens with zero attached hydrogens (tertiary/aromatic N) is 1. The molecule has 1 aromatic heterocycles. The predicted molar refractivity (Wildman–Crippen MR) is 70.1 cm³/mol. The van der Waals surface area contributed by atoms with E-state index in [1.165, 1.54) is 20.5 Å². The Kier molecular flexibility index (Phi) is 4.79. The van der Waals surface area contributed by atoms with E-state index in [0.29, 0.717) is 17.9 Å². The highest BCUT2D eigenvalue weighted by Crippen LogP contribution is 2.22. The highest BCUT2D eigenvalue weighted by molar-refractivity contribution is 5.90. The summed E-state index contributed by atoms with van der Waals surface area (Å²) < 4.78 is 14.9. The second-order valence-electron chi connectivity index (χ2n) is 4.75. The van der Waals surface area contributed by atoms with Crippen LogP contribution in [0.1, 0.15) is 35.4 Å². The SMILES string of the molecule is COC(=O)c1ccoc1CN1CCCCC1C(=O)OC. The second kappa shape index (κ2) is 6.56. The maximum absolute atomic E-state index is 11.8. The van der Waals surface area contributed by atoms with Gasteiger partial charge in [-0.3, -0.25) is 9.69 Å². The Morgan fingerprint density at radius 2 is 2.15 bits per heavy atom. The van der Waals surface area contributed by atoms with Crippen molar-refractivity contribution in [3.05, 3.63) is 23.7 Å². The Labute approximate surface area is 117 Å². The summed E-state index contributed by atoms with van der Waals surface area (Å²) in [6.45, 7) is 1.18. The van der Waals surface area contributed by atoms with E-state index in [1.807, 2.05) is 4.90 Å². The van der Waals surface area contributed by atoms with Crippen LogP contribution in [-0.2, 0) is 20.8 Å². The molecule has 1 aliphatic rings. The number of carbonyl (C=O) groups excluding carboxylic acids is 2. The fraction of sp³-hybridized carbons (Fsp3) is 0.571. The van der Waals surface area contributed by atoms with E-state index < -0.39 is 5.97 Å². The van der Waals surface area contributed by atoms with Crippen molar-refractivity contribution >= 4 is 11.9 Å². The third-order valence-corrected chi connectivity index (χ3v) is 3.58. The maximum atomic E-state index is 11.8. The van der Waals surface area contributed by atoms with Gasteiger partial charge in [0.25, 0.3) is 0 Å². The Balaban J connectivity index is 2.13. The maximum Gasteiger partial charge on any atom is 0.341 e. The number of likely N-dealkylation sites (tertiary alicyclic amines) is 1. The topological polar surface area (TPSA) is 69.0 Å². The molecule has 20 heavy (non-hydrogen) atoms. The van der Waals surface area contributed by atoms with Gasteiger partial charge in [-0.25, -0.2) is 4.79 Å². The zero-order chi connectivity index (χ0) is 14.5. The van der Waals surface area contributed by atoms with E-state index in [4.69, 9.17) is 13.9 Å². The first-order chi connectivity index (χ1) is 9.67. The molecular weight excluding hydrogens is 262 g/mol. The lowest BCUT2D eigenvalue weighted by Crippen LogP contribution is -2.44. The van der Waals surface area contributed by atoms with Crippen molar-refractivity contribution in [3.8, 4) is 0 Å². The van der Waals surface area contributed by atoms with Gasteiger partial charge < -0.3 is 13.9 Å². The number of rotatable bonds is 4. The van der Waals surface area contributed by atoms with E-state index in [1.54, 1.807) is 6.07 Å². The van der Waals surface area contributed by atoms with Gasteiger partial charge >= 0.3 is 11.9 Å². The van der Waals surface area contributed by atoms with E-state index in [-0.39, 0.29) is 12.0 Å². The molecule has 0 aliphatic carbocycles. The van der Waals surface area contributed by atoms with Gasteiger partial charge in [-0.15, -0.1) is 0 Å². The molecule has 6 heteroatoms. The molecule has 1 saturated heterocycles. The zero-order valence-corrected chi connectivity index (χ0v) is 11.8. The average molecular weight is 281 g/mol. The lowest BCUT2D eigenvalue weighted by atomic mass is 10.0. The quantitative estimate of drug-likeness (QED) is 0.781. The van der Waals surface area contributed by atoms with E-state index in [0.717, 1.165) is 25.8 Å². The van der Waals surface area contributed by atoms with Crippen molar-refractivity contribution in [1.82, 2.24) is 4.90 Å². The minimum absolute atomic E-state index is 0.240. The molecular formula is C14H19NO5. The molecule has 2 rings (SSSR count). The summed E-state index contributed by atoms with van der Waals surface area (Å²) in [7, 11) is 2.72. The van der Waals surface area contributed by atoms with Crippen LogP contribution in [0, 0.1) is 0 Å². The van der Waals surface area contributed by atoms with E-state index in [2.05, 4.69) is 0 Å². The monoisotopic (exact) mass is 281 g/mol. The number of hydrogen-bond donors (Lipinski definition) is 0. The van der Waals surface area contributed by atoms with Crippen LogP contribution in [0.3, 0.4) is 0 Å². The molecule has 0 saturated carbocycles. The molecule has 0 spiro atoms. The molecule has 0 aromatic carbocycles. The fourth-order valence-corrected chi connectivity index (χ4v) is 2.52. The summed E-state index contributed by atoms with van der Waals surface area (Å²) >= 11 is 0. The summed E-state index contributed by atoms with van der Waals surface area (Å²) in [6, 6.07) is 1.31. The second-order valence-corrected chi connectivity index (χ2v) is 4.75. The van der Waals surface area contributed by atoms with Crippen LogP contribution in [0.15, 0.2) is 16.7 Å². The van der Waals surface area contributed by atoms with Crippen LogP contribution >= 0.6 is 0 Å². The van der Waals surface area contributed by atoms with Crippen molar-refractivity contribution in [1.29, 1.82) is 0 Å². The summed E-state index contributed by atoms with van der Waals surface area (Å²) in [5.41, 5.74) is 0.404. The van der Waals surface area contributed by atoms with Gasteiger partial charge in [0.15, 0.2) is 0 Å². The third kappa shape index (κ3) is 3.01. The summed E-state index contributed by atoms with van der Waals surface area (Å²) in [4.78, 5) is 25.4. The third-order valence-electron chi connectivity index (χ3n) is 3.58. The van der Waals surface area contributed by atoms with Crippen molar-refractivity contribution in [2.75, 3.05) is 20.8 Å². The molecule has 0 N–H and O–H groups in total. The van der Waals surface area contributed by atoms with Crippen LogP contribution in [0.25, 0.3) is 0 Å². The van der Waals surface area contributed by atoms with Crippen LogP contribution in [-0.4, -0.2) is 43.6 Å². The highest BCUT2D eigenvalue weighted by Gasteiger charge is 2.31. The van der Waals surface area contributed by atoms with Crippen molar-refractivity contribution < 1.29 is 23.5 Å². The molecule has 0 radical (unpaired) electrons. The zero-order valence-electron chi connectivity index (χ0n) is 11.8. The number of methoxy groups -OCH3 is 2. The minimum Gasteiger partial charge on any atom is -0.468 e. The van der Waals surface area contributed by atoms with Crippen LogP contribution < -0.4 is 0 Å². The molecule has 1 aliphatic heterocycles. The number of ether oxygens (including phenoxy) is 2. The number of carbonyl (C=O) groups is 2. The summed E-state index contributed by atoms with van der Waals surface area (Å²) in [6.07, 6.45) is 4.24. The van der Waals surface area contributed by atoms with E-state index in [9.17, 15) is 9.59 Å². The van der Waals surface area contributed by atoms with E-state index >= 15 is 0 Å². The van der Waals surface area contributed by atoms with Crippen LogP contribution in [0.2, 0.25) is 0 Å². The first kappa shape index (κ1) is 14.6.